The number of hydrogen-bond donors (Lipinski definition) is 0. The molecule has 0 aromatic heterocycles. The molecule has 0 spiro atoms. The van der Waals surface area contributed by atoms with Crippen molar-refractivity contribution in [1.29, 1.82) is 0 Å². The van der Waals surface area contributed by atoms with E-state index in [2.05, 4.69) is 153 Å². The summed E-state index contributed by atoms with van der Waals surface area (Å²) < 4.78 is 0. The van der Waals surface area contributed by atoms with Crippen molar-refractivity contribution in [3.8, 4) is 0 Å². The van der Waals surface area contributed by atoms with Crippen molar-refractivity contribution in [1.82, 2.24) is 0 Å². The van der Waals surface area contributed by atoms with Crippen LogP contribution in [0.4, 0.5) is 0 Å². The number of benzene rings is 5. The van der Waals surface area contributed by atoms with Gasteiger partial charge in [0.15, 0.2) is 0 Å². The molecule has 0 heterocycles. The average Bonchev–Trinajstić information content (AvgIpc) is 2.93. The molecule has 0 saturated carbocycles. The summed E-state index contributed by atoms with van der Waals surface area (Å²) in [6, 6.07) is 53.9. The van der Waals surface area contributed by atoms with Gasteiger partial charge in [0.25, 0.3) is 0 Å². The summed E-state index contributed by atoms with van der Waals surface area (Å²) in [7, 11) is -2.94. The van der Waals surface area contributed by atoms with Crippen LogP contribution in [0.3, 0.4) is 0 Å². The second-order valence-electron chi connectivity index (χ2n) is 8.51. The topological polar surface area (TPSA) is 0 Å². The summed E-state index contributed by atoms with van der Waals surface area (Å²) >= 11 is 0. The predicted molar refractivity (Wildman–Crippen MR) is 156 cm³/mol. The zero-order valence-electron chi connectivity index (χ0n) is 19.5. The molecule has 5 aromatic rings. The molecule has 0 atom stereocenters. The third-order valence-electron chi connectivity index (χ3n) is 6.70. The van der Waals surface area contributed by atoms with Gasteiger partial charge in [-0.1, -0.05) is 0 Å². The number of hydrogen-bond acceptors (Lipinski definition) is 0. The zero-order chi connectivity index (χ0) is 23.2. The Kier molecular flexibility index (Phi) is 7.01. The molecule has 0 bridgehead atoms. The van der Waals surface area contributed by atoms with Crippen LogP contribution in [0.25, 0.3) is 0 Å². The maximum absolute atomic E-state index is 2.42. The van der Waals surface area contributed by atoms with Gasteiger partial charge in [0, 0.05) is 0 Å². The van der Waals surface area contributed by atoms with Gasteiger partial charge in [-0.25, -0.2) is 0 Å². The summed E-state index contributed by atoms with van der Waals surface area (Å²) in [5.41, 5.74) is 0. The monoisotopic (exact) mass is 476 g/mol. The molecular formula is C32H30P2. The van der Waals surface area contributed by atoms with Gasteiger partial charge in [-0.3, -0.25) is 0 Å². The van der Waals surface area contributed by atoms with Crippen molar-refractivity contribution in [2.24, 2.45) is 0 Å². The molecule has 0 amide bonds. The van der Waals surface area contributed by atoms with Crippen LogP contribution >= 0.6 is 15.2 Å². The van der Waals surface area contributed by atoms with E-state index in [1.54, 1.807) is 0 Å². The Balaban J connectivity index is 1.83. The Labute approximate surface area is 205 Å². The van der Waals surface area contributed by atoms with Gasteiger partial charge in [-0.05, 0) is 0 Å². The summed E-state index contributed by atoms with van der Waals surface area (Å²) in [6.07, 6.45) is 1.12. The van der Waals surface area contributed by atoms with E-state index >= 15 is 0 Å². The third-order valence-corrected chi connectivity index (χ3v) is 14.5. The summed E-state index contributed by atoms with van der Waals surface area (Å²) in [4.78, 5) is 0. The van der Waals surface area contributed by atoms with Crippen LogP contribution < -0.4 is 31.8 Å². The Morgan fingerprint density at radius 1 is 0.471 bits per heavy atom. The van der Waals surface area contributed by atoms with Gasteiger partial charge in [-0.15, -0.1) is 0 Å². The second kappa shape index (κ2) is 10.5. The van der Waals surface area contributed by atoms with E-state index in [-0.39, 0.29) is 0 Å². The molecular weight excluding hydrogens is 446 g/mol. The van der Waals surface area contributed by atoms with E-state index in [4.69, 9.17) is 0 Å². The fourth-order valence-electron chi connectivity index (χ4n) is 5.13. The second-order valence-corrected chi connectivity index (χ2v) is 14.9. The quantitative estimate of drug-likeness (QED) is 0.273. The summed E-state index contributed by atoms with van der Waals surface area (Å²) in [5, 5.41) is 8.77. The first kappa shape index (κ1) is 22.7. The number of rotatable bonds is 7. The molecule has 0 aliphatic heterocycles. The van der Waals surface area contributed by atoms with Gasteiger partial charge in [0.2, 0.25) is 0 Å². The normalized spacial score (nSPS) is 11.9. The third kappa shape index (κ3) is 4.25. The van der Waals surface area contributed by atoms with Crippen LogP contribution in [-0.2, 0) is 0 Å². The van der Waals surface area contributed by atoms with Crippen molar-refractivity contribution in [3.05, 3.63) is 146 Å². The molecule has 34 heavy (non-hydrogen) atoms. The SMILES string of the molecule is CC[PH](c1ccccc1)(c1ccccc1)c1ccccc1P(c1ccccc1)c1ccccc1. The maximum atomic E-state index is 2.42. The molecule has 0 saturated heterocycles. The van der Waals surface area contributed by atoms with Gasteiger partial charge in [0.05, 0.1) is 0 Å². The van der Waals surface area contributed by atoms with E-state index in [0.29, 0.717) is 0 Å². The molecule has 168 valence electrons. The fourth-order valence-corrected chi connectivity index (χ4v) is 13.0. The van der Waals surface area contributed by atoms with E-state index < -0.39 is 15.2 Å². The summed E-state index contributed by atoms with van der Waals surface area (Å²) in [6.45, 7) is 2.39. The molecule has 2 heteroatoms. The standard InChI is InChI=1S/C32H30P2/c1-2-34(29-21-11-5-12-22-29,30-23-13-6-14-24-30)32-26-16-15-25-31(32)33(27-17-7-3-8-18-27)28-19-9-4-10-20-28/h3-26,34H,2H2,1H3. The fraction of sp³-hybridized carbons (Fsp3) is 0.0625. The van der Waals surface area contributed by atoms with Crippen LogP contribution in [0.1, 0.15) is 6.92 Å². The molecule has 5 aromatic carbocycles. The summed E-state index contributed by atoms with van der Waals surface area (Å²) in [5.74, 6) is 0. The molecule has 0 aliphatic rings. The molecule has 0 N–H and O–H groups in total. The van der Waals surface area contributed by atoms with Crippen LogP contribution in [-0.4, -0.2) is 6.16 Å². The average molecular weight is 477 g/mol. The van der Waals surface area contributed by atoms with E-state index in [1.165, 1.54) is 31.8 Å². The molecule has 0 unspecified atom stereocenters. The van der Waals surface area contributed by atoms with E-state index in [1.807, 2.05) is 0 Å². The van der Waals surface area contributed by atoms with Gasteiger partial charge < -0.3 is 0 Å². The van der Waals surface area contributed by atoms with Crippen molar-refractivity contribution >= 4 is 47.0 Å². The first-order valence-corrected chi connectivity index (χ1v) is 15.5. The van der Waals surface area contributed by atoms with Crippen LogP contribution in [0.15, 0.2) is 146 Å². The first-order valence-electron chi connectivity index (χ1n) is 12.0. The molecule has 0 aliphatic carbocycles. The Morgan fingerprint density at radius 2 is 0.853 bits per heavy atom. The van der Waals surface area contributed by atoms with Gasteiger partial charge >= 0.3 is 206 Å². The zero-order valence-corrected chi connectivity index (χ0v) is 21.4. The van der Waals surface area contributed by atoms with Crippen LogP contribution in [0, 0.1) is 0 Å². The molecule has 0 radical (unpaired) electrons. The Bertz CT molecular complexity index is 1240. The molecule has 0 nitrogen and oxygen atoms in total. The Morgan fingerprint density at radius 3 is 1.29 bits per heavy atom. The van der Waals surface area contributed by atoms with E-state index in [9.17, 15) is 0 Å². The van der Waals surface area contributed by atoms with Gasteiger partial charge in [0.1, 0.15) is 0 Å². The van der Waals surface area contributed by atoms with Crippen molar-refractivity contribution in [3.63, 3.8) is 0 Å². The van der Waals surface area contributed by atoms with E-state index in [0.717, 1.165) is 6.16 Å². The minimum absolute atomic E-state index is 0.683. The molecule has 0 fully saturated rings. The molecule has 5 rings (SSSR count). The predicted octanol–water partition coefficient (Wildman–Crippen LogP) is 5.49. The van der Waals surface area contributed by atoms with Crippen LogP contribution in [0.2, 0.25) is 0 Å². The van der Waals surface area contributed by atoms with Crippen molar-refractivity contribution < 1.29 is 0 Å². The van der Waals surface area contributed by atoms with Crippen LogP contribution in [0.5, 0.6) is 0 Å². The Hall–Kier alpha value is -3.04. The van der Waals surface area contributed by atoms with Crippen molar-refractivity contribution in [2.45, 2.75) is 6.92 Å². The van der Waals surface area contributed by atoms with Crippen molar-refractivity contribution in [2.75, 3.05) is 6.16 Å². The first-order chi connectivity index (χ1) is 16.8. The van der Waals surface area contributed by atoms with Gasteiger partial charge in [-0.2, -0.15) is 0 Å². The minimum atomic E-state index is -2.25.